The van der Waals surface area contributed by atoms with Crippen molar-refractivity contribution in [2.24, 2.45) is 0 Å². The van der Waals surface area contributed by atoms with Gasteiger partial charge in [0.25, 0.3) is 5.91 Å². The number of methoxy groups -OCH3 is 2. The van der Waals surface area contributed by atoms with Crippen LogP contribution >= 0.6 is 0 Å². The zero-order valence-electron chi connectivity index (χ0n) is 14.3. The van der Waals surface area contributed by atoms with Crippen LogP contribution in [-0.4, -0.2) is 44.7 Å². The molecule has 5 nitrogen and oxygen atoms in total. The molecular formula is C19H23NO4. The first kappa shape index (κ1) is 17.7. The molecule has 0 radical (unpaired) electrons. The van der Waals surface area contributed by atoms with E-state index >= 15 is 0 Å². The summed E-state index contributed by atoms with van der Waals surface area (Å²) in [6, 6.07) is 14.6. The van der Waals surface area contributed by atoms with Crippen molar-refractivity contribution in [3.8, 4) is 17.2 Å². The van der Waals surface area contributed by atoms with E-state index in [0.717, 1.165) is 11.5 Å². The Bertz CT molecular complexity index is 655. The van der Waals surface area contributed by atoms with Gasteiger partial charge in [-0.05, 0) is 43.3 Å². The van der Waals surface area contributed by atoms with Crippen LogP contribution in [0.25, 0.3) is 0 Å². The number of carbonyl (C=O) groups excluding carboxylic acids is 1. The van der Waals surface area contributed by atoms with Crippen molar-refractivity contribution < 1.29 is 19.0 Å². The number of rotatable bonds is 8. The van der Waals surface area contributed by atoms with Crippen molar-refractivity contribution in [1.29, 1.82) is 0 Å². The quantitative estimate of drug-likeness (QED) is 0.746. The largest absolute Gasteiger partial charge is 0.497 e. The van der Waals surface area contributed by atoms with Crippen LogP contribution in [0.5, 0.6) is 17.2 Å². The van der Waals surface area contributed by atoms with Crippen LogP contribution < -0.4 is 14.2 Å². The number of amides is 1. The summed E-state index contributed by atoms with van der Waals surface area (Å²) in [5.74, 6) is 2.05. The molecule has 5 heteroatoms. The molecule has 0 aliphatic heterocycles. The van der Waals surface area contributed by atoms with Gasteiger partial charge in [0.05, 0.1) is 26.3 Å². The second kappa shape index (κ2) is 8.82. The Balaban J connectivity index is 1.94. The standard InChI is InChI=1S/C19H23NO4/c1-4-20(19(21)17-7-5-6-8-18(17)23-3)13-14-24-16-11-9-15(22-2)10-12-16/h5-12H,4,13-14H2,1-3H3. The topological polar surface area (TPSA) is 48.0 Å². The van der Waals surface area contributed by atoms with E-state index in [1.54, 1.807) is 31.3 Å². The van der Waals surface area contributed by atoms with Gasteiger partial charge < -0.3 is 19.1 Å². The molecule has 0 N–H and O–H groups in total. The molecule has 2 aromatic rings. The Morgan fingerprint density at radius 3 is 2.25 bits per heavy atom. The van der Waals surface area contributed by atoms with E-state index in [1.807, 2.05) is 43.3 Å². The number of hydrogen-bond acceptors (Lipinski definition) is 4. The molecule has 0 spiro atoms. The molecule has 0 aromatic heterocycles. The Labute approximate surface area is 142 Å². The fourth-order valence-electron chi connectivity index (χ4n) is 2.34. The smallest absolute Gasteiger partial charge is 0.257 e. The zero-order valence-corrected chi connectivity index (χ0v) is 14.3. The Morgan fingerprint density at radius 2 is 1.62 bits per heavy atom. The highest BCUT2D eigenvalue weighted by molar-refractivity contribution is 5.96. The molecule has 0 saturated heterocycles. The predicted molar refractivity (Wildman–Crippen MR) is 93.1 cm³/mol. The average Bonchev–Trinajstić information content (AvgIpc) is 2.65. The highest BCUT2D eigenvalue weighted by Crippen LogP contribution is 2.20. The van der Waals surface area contributed by atoms with E-state index in [1.165, 1.54) is 0 Å². The van der Waals surface area contributed by atoms with E-state index < -0.39 is 0 Å². The zero-order chi connectivity index (χ0) is 17.4. The van der Waals surface area contributed by atoms with Crippen LogP contribution in [0.1, 0.15) is 17.3 Å². The van der Waals surface area contributed by atoms with Crippen molar-refractivity contribution in [3.63, 3.8) is 0 Å². The van der Waals surface area contributed by atoms with Crippen molar-refractivity contribution in [2.75, 3.05) is 33.9 Å². The fourth-order valence-corrected chi connectivity index (χ4v) is 2.34. The van der Waals surface area contributed by atoms with Crippen molar-refractivity contribution in [2.45, 2.75) is 6.92 Å². The molecule has 0 aliphatic carbocycles. The molecule has 2 rings (SSSR count). The molecule has 24 heavy (non-hydrogen) atoms. The number of nitrogens with zero attached hydrogens (tertiary/aromatic N) is 1. The second-order valence-corrected chi connectivity index (χ2v) is 5.11. The third-order valence-electron chi connectivity index (χ3n) is 3.70. The maximum atomic E-state index is 12.7. The molecule has 0 aliphatic rings. The first-order valence-electron chi connectivity index (χ1n) is 7.88. The molecule has 0 unspecified atom stereocenters. The van der Waals surface area contributed by atoms with Gasteiger partial charge in [-0.25, -0.2) is 0 Å². The minimum absolute atomic E-state index is 0.0618. The first-order valence-corrected chi connectivity index (χ1v) is 7.88. The molecule has 0 fully saturated rings. The number of benzene rings is 2. The van der Waals surface area contributed by atoms with Gasteiger partial charge in [-0.15, -0.1) is 0 Å². The first-order chi connectivity index (χ1) is 11.7. The summed E-state index contributed by atoms with van der Waals surface area (Å²) in [4.78, 5) is 14.4. The van der Waals surface area contributed by atoms with E-state index in [0.29, 0.717) is 31.0 Å². The summed E-state index contributed by atoms with van der Waals surface area (Å²) in [5.41, 5.74) is 0.561. The highest BCUT2D eigenvalue weighted by Gasteiger charge is 2.17. The lowest BCUT2D eigenvalue weighted by atomic mass is 10.1. The van der Waals surface area contributed by atoms with Gasteiger partial charge >= 0.3 is 0 Å². The lowest BCUT2D eigenvalue weighted by Gasteiger charge is -2.22. The van der Waals surface area contributed by atoms with Gasteiger partial charge in [-0.2, -0.15) is 0 Å². The predicted octanol–water partition coefficient (Wildman–Crippen LogP) is 3.24. The summed E-state index contributed by atoms with van der Waals surface area (Å²) in [5, 5.41) is 0. The molecule has 1 amide bonds. The number of ether oxygens (including phenoxy) is 3. The summed E-state index contributed by atoms with van der Waals surface area (Å²) >= 11 is 0. The SMILES string of the molecule is CCN(CCOc1ccc(OC)cc1)C(=O)c1ccccc1OC. The third kappa shape index (κ3) is 4.41. The third-order valence-corrected chi connectivity index (χ3v) is 3.70. The highest BCUT2D eigenvalue weighted by atomic mass is 16.5. The number of hydrogen-bond donors (Lipinski definition) is 0. The summed E-state index contributed by atoms with van der Waals surface area (Å²) in [6.07, 6.45) is 0. The van der Waals surface area contributed by atoms with Gasteiger partial charge in [0, 0.05) is 6.54 Å². The van der Waals surface area contributed by atoms with E-state index in [4.69, 9.17) is 14.2 Å². The number of para-hydroxylation sites is 1. The molecule has 0 bridgehead atoms. The molecule has 2 aromatic carbocycles. The minimum atomic E-state index is -0.0618. The van der Waals surface area contributed by atoms with E-state index in [2.05, 4.69) is 0 Å². The maximum absolute atomic E-state index is 12.7. The van der Waals surface area contributed by atoms with Gasteiger partial charge in [-0.1, -0.05) is 12.1 Å². The van der Waals surface area contributed by atoms with Crippen molar-refractivity contribution in [3.05, 3.63) is 54.1 Å². The van der Waals surface area contributed by atoms with E-state index in [9.17, 15) is 4.79 Å². The van der Waals surface area contributed by atoms with Gasteiger partial charge in [-0.3, -0.25) is 4.79 Å². The minimum Gasteiger partial charge on any atom is -0.497 e. The van der Waals surface area contributed by atoms with Crippen LogP contribution in [0.4, 0.5) is 0 Å². The number of carbonyl (C=O) groups is 1. The van der Waals surface area contributed by atoms with Gasteiger partial charge in [0.15, 0.2) is 0 Å². The molecule has 0 saturated carbocycles. The normalized spacial score (nSPS) is 10.1. The Kier molecular flexibility index (Phi) is 6.49. The monoisotopic (exact) mass is 329 g/mol. The summed E-state index contributed by atoms with van der Waals surface area (Å²) in [6.45, 7) is 3.46. The van der Waals surface area contributed by atoms with Gasteiger partial charge in [0.1, 0.15) is 23.9 Å². The maximum Gasteiger partial charge on any atom is 0.257 e. The van der Waals surface area contributed by atoms with Crippen LogP contribution in [-0.2, 0) is 0 Å². The Hall–Kier alpha value is -2.69. The van der Waals surface area contributed by atoms with Crippen LogP contribution in [0.2, 0.25) is 0 Å². The average molecular weight is 329 g/mol. The van der Waals surface area contributed by atoms with Crippen LogP contribution in [0.3, 0.4) is 0 Å². The van der Waals surface area contributed by atoms with Crippen molar-refractivity contribution in [1.82, 2.24) is 4.90 Å². The Morgan fingerprint density at radius 1 is 0.958 bits per heavy atom. The molecule has 0 atom stereocenters. The molecular weight excluding hydrogens is 306 g/mol. The van der Waals surface area contributed by atoms with Gasteiger partial charge in [0.2, 0.25) is 0 Å². The van der Waals surface area contributed by atoms with Crippen molar-refractivity contribution >= 4 is 5.91 Å². The van der Waals surface area contributed by atoms with Crippen LogP contribution in [0.15, 0.2) is 48.5 Å². The lowest BCUT2D eigenvalue weighted by Crippen LogP contribution is -2.34. The molecule has 0 heterocycles. The summed E-state index contributed by atoms with van der Waals surface area (Å²) in [7, 11) is 3.19. The molecule has 128 valence electrons. The van der Waals surface area contributed by atoms with E-state index in [-0.39, 0.29) is 5.91 Å². The van der Waals surface area contributed by atoms with Crippen LogP contribution in [0, 0.1) is 0 Å². The second-order valence-electron chi connectivity index (χ2n) is 5.11. The number of likely N-dealkylation sites (N-methyl/N-ethyl adjacent to an activating group) is 1. The lowest BCUT2D eigenvalue weighted by molar-refractivity contribution is 0.0736. The summed E-state index contributed by atoms with van der Waals surface area (Å²) < 4.78 is 16.1. The fraction of sp³-hybridized carbons (Fsp3) is 0.316.